The average molecular weight is 341 g/mol. The van der Waals surface area contributed by atoms with Crippen molar-refractivity contribution in [3.8, 4) is 11.5 Å². The molecule has 0 spiro atoms. The molecular formula is C21H27NO3. The topological polar surface area (TPSA) is 41.9 Å². The van der Waals surface area contributed by atoms with E-state index in [2.05, 4.69) is 17.0 Å². The van der Waals surface area contributed by atoms with Crippen LogP contribution in [-0.4, -0.2) is 42.4 Å². The van der Waals surface area contributed by atoms with Gasteiger partial charge in [0.15, 0.2) is 0 Å². The van der Waals surface area contributed by atoms with Gasteiger partial charge in [-0.25, -0.2) is 0 Å². The van der Waals surface area contributed by atoms with Crippen LogP contribution in [0.2, 0.25) is 0 Å². The minimum absolute atomic E-state index is 0.316. The molecule has 2 aromatic rings. The maximum Gasteiger partial charge on any atom is 0.122 e. The fourth-order valence-electron chi connectivity index (χ4n) is 2.98. The Morgan fingerprint density at radius 1 is 1.12 bits per heavy atom. The predicted molar refractivity (Wildman–Crippen MR) is 99.1 cm³/mol. The molecule has 0 bridgehead atoms. The lowest BCUT2D eigenvalue weighted by atomic mass is 10.2. The van der Waals surface area contributed by atoms with Gasteiger partial charge in [0.2, 0.25) is 0 Å². The molecule has 3 rings (SSSR count). The number of aliphatic hydroxyl groups is 1. The molecule has 1 fully saturated rings. The van der Waals surface area contributed by atoms with Gasteiger partial charge in [-0.15, -0.1) is 0 Å². The Bertz CT molecular complexity index is 667. The highest BCUT2D eigenvalue weighted by molar-refractivity contribution is 5.31. The van der Waals surface area contributed by atoms with E-state index in [0.29, 0.717) is 19.2 Å². The zero-order chi connectivity index (χ0) is 17.6. The first kappa shape index (κ1) is 17.8. The molecule has 4 nitrogen and oxygen atoms in total. The van der Waals surface area contributed by atoms with Crippen molar-refractivity contribution in [1.29, 1.82) is 0 Å². The first-order chi connectivity index (χ1) is 12.2. The zero-order valence-corrected chi connectivity index (χ0v) is 15.0. The minimum Gasteiger partial charge on any atom is -0.497 e. The predicted octanol–water partition coefficient (Wildman–Crippen LogP) is 3.41. The van der Waals surface area contributed by atoms with Crippen LogP contribution >= 0.6 is 0 Å². The first-order valence-electron chi connectivity index (χ1n) is 8.89. The Morgan fingerprint density at radius 2 is 1.84 bits per heavy atom. The number of hydrogen-bond acceptors (Lipinski definition) is 4. The van der Waals surface area contributed by atoms with Crippen molar-refractivity contribution >= 4 is 0 Å². The summed E-state index contributed by atoms with van der Waals surface area (Å²) in [7, 11) is 1.68. The zero-order valence-electron chi connectivity index (χ0n) is 15.0. The molecular weight excluding hydrogens is 314 g/mol. The molecule has 1 atom stereocenters. The van der Waals surface area contributed by atoms with Crippen molar-refractivity contribution in [3.05, 3.63) is 59.7 Å². The fraction of sp³-hybridized carbons (Fsp3) is 0.429. The van der Waals surface area contributed by atoms with E-state index < -0.39 is 6.10 Å². The molecule has 0 amide bonds. The van der Waals surface area contributed by atoms with Crippen molar-refractivity contribution in [1.82, 2.24) is 4.90 Å². The quantitative estimate of drug-likeness (QED) is 0.759. The Morgan fingerprint density at radius 3 is 2.48 bits per heavy atom. The molecule has 1 N–H and O–H groups in total. The lowest BCUT2D eigenvalue weighted by molar-refractivity contribution is 0.0624. The third-order valence-electron chi connectivity index (χ3n) is 4.58. The van der Waals surface area contributed by atoms with Crippen molar-refractivity contribution in [3.63, 3.8) is 0 Å². The summed E-state index contributed by atoms with van der Waals surface area (Å²) in [6.45, 7) is 3.80. The molecule has 2 aromatic carbocycles. The van der Waals surface area contributed by atoms with Crippen molar-refractivity contribution in [2.75, 3.05) is 20.3 Å². The van der Waals surface area contributed by atoms with Crippen LogP contribution in [0.15, 0.2) is 48.5 Å². The molecule has 1 aliphatic rings. The number of aryl methyl sites for hydroxylation is 1. The Kier molecular flexibility index (Phi) is 5.95. The maximum atomic E-state index is 10.4. The summed E-state index contributed by atoms with van der Waals surface area (Å²) < 4.78 is 11.0. The second kappa shape index (κ2) is 8.37. The van der Waals surface area contributed by atoms with E-state index in [4.69, 9.17) is 9.47 Å². The highest BCUT2D eigenvalue weighted by Gasteiger charge is 2.30. The van der Waals surface area contributed by atoms with Crippen LogP contribution in [-0.2, 0) is 6.54 Å². The molecule has 0 aromatic heterocycles. The van der Waals surface area contributed by atoms with Crippen LogP contribution in [0.25, 0.3) is 0 Å². The highest BCUT2D eigenvalue weighted by atomic mass is 16.5. The lowest BCUT2D eigenvalue weighted by Crippen LogP contribution is -2.36. The van der Waals surface area contributed by atoms with Gasteiger partial charge in [-0.2, -0.15) is 0 Å². The highest BCUT2D eigenvalue weighted by Crippen LogP contribution is 2.29. The fourth-order valence-corrected chi connectivity index (χ4v) is 2.98. The van der Waals surface area contributed by atoms with Crippen LogP contribution in [0.5, 0.6) is 11.5 Å². The SMILES string of the molecule is COc1ccc(CN(C[C@H](O)COc2ccccc2C)C2CC2)cc1. The van der Waals surface area contributed by atoms with Crippen LogP contribution in [0, 0.1) is 6.92 Å². The normalized spacial score (nSPS) is 15.2. The number of methoxy groups -OCH3 is 1. The van der Waals surface area contributed by atoms with Crippen molar-refractivity contribution in [2.45, 2.75) is 38.5 Å². The number of aliphatic hydroxyl groups excluding tert-OH is 1. The van der Waals surface area contributed by atoms with E-state index in [1.54, 1.807) is 7.11 Å². The number of nitrogens with zero attached hydrogens (tertiary/aromatic N) is 1. The molecule has 0 radical (unpaired) electrons. The third-order valence-corrected chi connectivity index (χ3v) is 4.58. The summed E-state index contributed by atoms with van der Waals surface area (Å²) in [5, 5.41) is 10.4. The first-order valence-corrected chi connectivity index (χ1v) is 8.89. The van der Waals surface area contributed by atoms with E-state index in [9.17, 15) is 5.11 Å². The molecule has 1 saturated carbocycles. The number of hydrogen-bond donors (Lipinski definition) is 1. The monoisotopic (exact) mass is 341 g/mol. The largest absolute Gasteiger partial charge is 0.497 e. The summed E-state index contributed by atoms with van der Waals surface area (Å²) in [5.41, 5.74) is 2.33. The van der Waals surface area contributed by atoms with Crippen LogP contribution < -0.4 is 9.47 Å². The summed E-state index contributed by atoms with van der Waals surface area (Å²) in [5.74, 6) is 1.71. The average Bonchev–Trinajstić information content (AvgIpc) is 3.46. The number of benzene rings is 2. The Hall–Kier alpha value is -2.04. The molecule has 25 heavy (non-hydrogen) atoms. The summed E-state index contributed by atoms with van der Waals surface area (Å²) in [4.78, 5) is 2.35. The van der Waals surface area contributed by atoms with Crippen molar-refractivity contribution in [2.24, 2.45) is 0 Å². The van der Waals surface area contributed by atoms with E-state index in [0.717, 1.165) is 23.6 Å². The van der Waals surface area contributed by atoms with Gasteiger partial charge >= 0.3 is 0 Å². The molecule has 1 aliphatic carbocycles. The van der Waals surface area contributed by atoms with Crippen LogP contribution in [0.1, 0.15) is 24.0 Å². The summed E-state index contributed by atoms with van der Waals surface area (Å²) in [6.07, 6.45) is 1.92. The van der Waals surface area contributed by atoms with Gasteiger partial charge in [-0.3, -0.25) is 4.90 Å². The molecule has 0 heterocycles. The summed E-state index contributed by atoms with van der Waals surface area (Å²) in [6, 6.07) is 16.6. The number of para-hydroxylation sites is 1. The second-order valence-corrected chi connectivity index (χ2v) is 6.74. The van der Waals surface area contributed by atoms with Crippen LogP contribution in [0.4, 0.5) is 0 Å². The Balaban J connectivity index is 1.53. The number of rotatable bonds is 9. The minimum atomic E-state index is -0.501. The van der Waals surface area contributed by atoms with E-state index in [1.807, 2.05) is 43.3 Å². The van der Waals surface area contributed by atoms with E-state index in [1.165, 1.54) is 18.4 Å². The van der Waals surface area contributed by atoms with Crippen molar-refractivity contribution < 1.29 is 14.6 Å². The molecule has 0 saturated heterocycles. The molecule has 134 valence electrons. The lowest BCUT2D eigenvalue weighted by Gasteiger charge is -2.25. The summed E-state index contributed by atoms with van der Waals surface area (Å²) >= 11 is 0. The molecule has 4 heteroatoms. The number of ether oxygens (including phenoxy) is 2. The standard InChI is InChI=1S/C21H27NO3/c1-16-5-3-4-6-21(16)25-15-19(23)14-22(18-9-10-18)13-17-7-11-20(24-2)12-8-17/h3-8,11-12,18-19,23H,9-10,13-15H2,1-2H3/t19-/m0/s1. The molecule has 0 aliphatic heterocycles. The van der Waals surface area contributed by atoms with Gasteiger partial charge in [0.25, 0.3) is 0 Å². The van der Waals surface area contributed by atoms with Gasteiger partial charge in [0, 0.05) is 19.1 Å². The van der Waals surface area contributed by atoms with Gasteiger partial charge in [-0.05, 0) is 49.1 Å². The maximum absolute atomic E-state index is 10.4. The van der Waals surface area contributed by atoms with Crippen LogP contribution in [0.3, 0.4) is 0 Å². The van der Waals surface area contributed by atoms with Gasteiger partial charge < -0.3 is 14.6 Å². The van der Waals surface area contributed by atoms with Gasteiger partial charge in [0.1, 0.15) is 24.2 Å². The molecule has 0 unspecified atom stereocenters. The van der Waals surface area contributed by atoms with E-state index in [-0.39, 0.29) is 0 Å². The van der Waals surface area contributed by atoms with Gasteiger partial charge in [-0.1, -0.05) is 30.3 Å². The third kappa shape index (κ3) is 5.21. The van der Waals surface area contributed by atoms with Gasteiger partial charge in [0.05, 0.1) is 7.11 Å². The second-order valence-electron chi connectivity index (χ2n) is 6.74. The Labute approximate surface area is 150 Å². The smallest absolute Gasteiger partial charge is 0.122 e. The van der Waals surface area contributed by atoms with E-state index >= 15 is 0 Å².